The molecule has 0 heterocycles. The summed E-state index contributed by atoms with van der Waals surface area (Å²) in [7, 11) is 0. The summed E-state index contributed by atoms with van der Waals surface area (Å²) < 4.78 is 13.1. The highest BCUT2D eigenvalue weighted by Gasteiger charge is 2.09. The van der Waals surface area contributed by atoms with E-state index in [1.54, 1.807) is 12.1 Å². The van der Waals surface area contributed by atoms with Crippen LogP contribution in [0.4, 0.5) is 4.39 Å². The fourth-order valence-electron chi connectivity index (χ4n) is 2.16. The van der Waals surface area contributed by atoms with E-state index in [0.29, 0.717) is 5.92 Å². The Labute approximate surface area is 104 Å². The van der Waals surface area contributed by atoms with Crippen LogP contribution >= 0.6 is 0 Å². The molecule has 0 bridgehead atoms. The maximum absolute atomic E-state index is 13.1. The normalized spacial score (nSPS) is 14.9. The fourth-order valence-corrected chi connectivity index (χ4v) is 2.16. The van der Waals surface area contributed by atoms with Gasteiger partial charge in [0.1, 0.15) is 5.82 Å². The van der Waals surface area contributed by atoms with E-state index in [-0.39, 0.29) is 11.9 Å². The quantitative estimate of drug-likeness (QED) is 0.783. The summed E-state index contributed by atoms with van der Waals surface area (Å²) in [6.45, 7) is 9.80. The van der Waals surface area contributed by atoms with Crippen LogP contribution in [-0.2, 0) is 0 Å². The second kappa shape index (κ2) is 6.75. The smallest absolute Gasteiger partial charge is 0.123 e. The van der Waals surface area contributed by atoms with E-state index in [1.165, 1.54) is 12.5 Å². The minimum absolute atomic E-state index is 0.161. The van der Waals surface area contributed by atoms with Gasteiger partial charge in [-0.2, -0.15) is 0 Å². The van der Waals surface area contributed by atoms with Gasteiger partial charge in [-0.15, -0.1) is 0 Å². The van der Waals surface area contributed by atoms with Crippen molar-refractivity contribution < 1.29 is 4.39 Å². The molecule has 0 saturated heterocycles. The Morgan fingerprint density at radius 3 is 2.47 bits per heavy atom. The zero-order chi connectivity index (χ0) is 12.8. The van der Waals surface area contributed by atoms with Crippen LogP contribution in [0.15, 0.2) is 24.3 Å². The maximum Gasteiger partial charge on any atom is 0.123 e. The van der Waals surface area contributed by atoms with Crippen molar-refractivity contribution in [3.63, 3.8) is 0 Å². The molecule has 0 spiro atoms. The molecule has 0 aliphatic carbocycles. The van der Waals surface area contributed by atoms with Crippen molar-refractivity contribution in [3.05, 3.63) is 35.6 Å². The molecule has 1 aromatic rings. The predicted molar refractivity (Wildman–Crippen MR) is 71.4 cm³/mol. The lowest BCUT2D eigenvalue weighted by Gasteiger charge is -2.19. The Morgan fingerprint density at radius 1 is 1.18 bits per heavy atom. The van der Waals surface area contributed by atoms with Gasteiger partial charge in [0.2, 0.25) is 0 Å². The molecule has 17 heavy (non-hydrogen) atoms. The number of halogens is 1. The number of benzene rings is 1. The number of rotatable bonds is 6. The first kappa shape index (κ1) is 14.2. The Balaban J connectivity index is 2.42. The summed E-state index contributed by atoms with van der Waals surface area (Å²) in [5, 5.41) is 3.46. The molecule has 0 fully saturated rings. The van der Waals surface area contributed by atoms with Crippen molar-refractivity contribution in [3.8, 4) is 0 Å². The van der Waals surface area contributed by atoms with Gasteiger partial charge in [0.05, 0.1) is 0 Å². The first-order valence-corrected chi connectivity index (χ1v) is 6.48. The maximum atomic E-state index is 13.1. The summed E-state index contributed by atoms with van der Waals surface area (Å²) in [6, 6.07) is 7.02. The number of hydrogen-bond acceptors (Lipinski definition) is 1. The monoisotopic (exact) mass is 237 g/mol. The molecular formula is C15H24FN. The van der Waals surface area contributed by atoms with Gasteiger partial charge in [0.25, 0.3) is 0 Å². The van der Waals surface area contributed by atoms with Gasteiger partial charge in [0, 0.05) is 6.04 Å². The molecule has 0 amide bonds. The lowest BCUT2D eigenvalue weighted by molar-refractivity contribution is 0.396. The van der Waals surface area contributed by atoms with E-state index in [0.717, 1.165) is 18.0 Å². The zero-order valence-corrected chi connectivity index (χ0v) is 11.3. The highest BCUT2D eigenvalue weighted by atomic mass is 19.1. The van der Waals surface area contributed by atoms with Crippen LogP contribution < -0.4 is 5.32 Å². The van der Waals surface area contributed by atoms with E-state index in [1.807, 2.05) is 6.07 Å². The van der Waals surface area contributed by atoms with Crippen molar-refractivity contribution in [2.24, 2.45) is 11.8 Å². The highest BCUT2D eigenvalue weighted by molar-refractivity contribution is 5.19. The molecule has 96 valence electrons. The first-order valence-electron chi connectivity index (χ1n) is 6.48. The van der Waals surface area contributed by atoms with Crippen molar-refractivity contribution in [1.29, 1.82) is 0 Å². The van der Waals surface area contributed by atoms with Crippen molar-refractivity contribution in [2.45, 2.75) is 40.2 Å². The lowest BCUT2D eigenvalue weighted by Crippen LogP contribution is -2.25. The van der Waals surface area contributed by atoms with Crippen LogP contribution in [0.2, 0.25) is 0 Å². The second-order valence-electron chi connectivity index (χ2n) is 5.42. The standard InChI is InChI=1S/C15H24FN/c1-11(2)8-12(3)10-17-13(4)14-6-5-7-15(16)9-14/h5-7,9,11-13,17H,8,10H2,1-4H3/t12?,13-/m0/s1. The van der Waals surface area contributed by atoms with E-state index in [9.17, 15) is 4.39 Å². The zero-order valence-electron chi connectivity index (χ0n) is 11.3. The third-order valence-electron chi connectivity index (χ3n) is 2.99. The van der Waals surface area contributed by atoms with Gasteiger partial charge >= 0.3 is 0 Å². The molecule has 1 nitrogen and oxygen atoms in total. The summed E-state index contributed by atoms with van der Waals surface area (Å²) in [4.78, 5) is 0. The molecule has 1 N–H and O–H groups in total. The molecule has 2 atom stereocenters. The molecule has 0 aliphatic heterocycles. The van der Waals surface area contributed by atoms with E-state index < -0.39 is 0 Å². The molecule has 1 rings (SSSR count). The van der Waals surface area contributed by atoms with Crippen LogP contribution in [0.5, 0.6) is 0 Å². The van der Waals surface area contributed by atoms with E-state index in [4.69, 9.17) is 0 Å². The molecular weight excluding hydrogens is 213 g/mol. The first-order chi connectivity index (χ1) is 7.99. The highest BCUT2D eigenvalue weighted by Crippen LogP contribution is 2.15. The van der Waals surface area contributed by atoms with Crippen LogP contribution in [0.1, 0.15) is 45.7 Å². The van der Waals surface area contributed by atoms with Gasteiger partial charge in [-0.25, -0.2) is 4.39 Å². The van der Waals surface area contributed by atoms with E-state index >= 15 is 0 Å². The minimum Gasteiger partial charge on any atom is -0.310 e. The van der Waals surface area contributed by atoms with Crippen LogP contribution in [-0.4, -0.2) is 6.54 Å². The van der Waals surface area contributed by atoms with Crippen molar-refractivity contribution >= 4 is 0 Å². The largest absolute Gasteiger partial charge is 0.310 e. The molecule has 0 aromatic heterocycles. The van der Waals surface area contributed by atoms with Crippen LogP contribution in [0.3, 0.4) is 0 Å². The Morgan fingerprint density at radius 2 is 1.88 bits per heavy atom. The molecule has 0 aliphatic rings. The van der Waals surface area contributed by atoms with E-state index in [2.05, 4.69) is 33.0 Å². The minimum atomic E-state index is -0.161. The molecule has 1 aromatic carbocycles. The summed E-state index contributed by atoms with van der Waals surface area (Å²) in [5.41, 5.74) is 1.02. The number of hydrogen-bond donors (Lipinski definition) is 1. The van der Waals surface area contributed by atoms with Crippen molar-refractivity contribution in [1.82, 2.24) is 5.32 Å². The van der Waals surface area contributed by atoms with Crippen LogP contribution in [0, 0.1) is 17.7 Å². The SMILES string of the molecule is CC(C)CC(C)CN[C@@H](C)c1cccc(F)c1. The molecule has 0 saturated carbocycles. The van der Waals surface area contributed by atoms with Crippen molar-refractivity contribution in [2.75, 3.05) is 6.54 Å². The topological polar surface area (TPSA) is 12.0 Å². The van der Waals surface area contributed by atoms with Gasteiger partial charge in [-0.1, -0.05) is 32.9 Å². The average molecular weight is 237 g/mol. The van der Waals surface area contributed by atoms with Gasteiger partial charge < -0.3 is 5.32 Å². The Kier molecular flexibility index (Phi) is 5.63. The lowest BCUT2D eigenvalue weighted by atomic mass is 9.98. The Hall–Kier alpha value is -0.890. The molecule has 0 radical (unpaired) electrons. The average Bonchev–Trinajstić information content (AvgIpc) is 2.25. The fraction of sp³-hybridized carbons (Fsp3) is 0.600. The molecule has 2 heteroatoms. The summed E-state index contributed by atoms with van der Waals surface area (Å²) in [5.74, 6) is 1.23. The second-order valence-corrected chi connectivity index (χ2v) is 5.42. The van der Waals surface area contributed by atoms with Crippen LogP contribution in [0.25, 0.3) is 0 Å². The number of nitrogens with one attached hydrogen (secondary N) is 1. The summed E-state index contributed by atoms with van der Waals surface area (Å²) >= 11 is 0. The third-order valence-corrected chi connectivity index (χ3v) is 2.99. The van der Waals surface area contributed by atoms with Gasteiger partial charge in [-0.05, 0) is 49.4 Å². The predicted octanol–water partition coefficient (Wildman–Crippen LogP) is 4.16. The molecule has 1 unspecified atom stereocenters. The van der Waals surface area contributed by atoms with Gasteiger partial charge in [-0.3, -0.25) is 0 Å². The Bertz CT molecular complexity index is 335. The third kappa shape index (κ3) is 5.31. The summed E-state index contributed by atoms with van der Waals surface area (Å²) in [6.07, 6.45) is 1.23. The van der Waals surface area contributed by atoms with Gasteiger partial charge in [0.15, 0.2) is 0 Å².